The molecule has 0 amide bonds. The Morgan fingerprint density at radius 1 is 1.07 bits per heavy atom. The Bertz CT molecular complexity index is 905. The molecule has 5 heteroatoms. The second-order valence-corrected chi connectivity index (χ2v) is 8.29. The van der Waals surface area contributed by atoms with E-state index in [4.69, 9.17) is 0 Å². The standard InChI is InChI=1S/C23H24FNO3/c1-23(2)14-16(11-20(26)15-23)12-21(18-9-6-10-19(24)13-18)22(25(27)28)17-7-4-3-5-8-17/h3-11,13,21-22H,12,14-15H2,1-2H3/t21-,22+/m1/s1. The molecule has 4 nitrogen and oxygen atoms in total. The summed E-state index contributed by atoms with van der Waals surface area (Å²) in [5.41, 5.74) is 1.86. The highest BCUT2D eigenvalue weighted by atomic mass is 19.1. The van der Waals surface area contributed by atoms with Crippen LogP contribution in [0.2, 0.25) is 0 Å². The van der Waals surface area contributed by atoms with Crippen LogP contribution in [0.1, 0.15) is 56.2 Å². The summed E-state index contributed by atoms with van der Waals surface area (Å²) in [5.74, 6) is -0.950. The van der Waals surface area contributed by atoms with Crippen LogP contribution in [-0.4, -0.2) is 10.7 Å². The van der Waals surface area contributed by atoms with Crippen molar-refractivity contribution >= 4 is 5.78 Å². The number of nitro groups is 1. The fourth-order valence-corrected chi connectivity index (χ4v) is 4.19. The van der Waals surface area contributed by atoms with Gasteiger partial charge in [-0.05, 0) is 42.0 Å². The minimum Gasteiger partial charge on any atom is -0.295 e. The van der Waals surface area contributed by atoms with Crippen LogP contribution in [0.25, 0.3) is 0 Å². The summed E-state index contributed by atoms with van der Waals surface area (Å²) in [6, 6.07) is 13.8. The fourth-order valence-electron chi connectivity index (χ4n) is 4.19. The maximum absolute atomic E-state index is 13.9. The summed E-state index contributed by atoms with van der Waals surface area (Å²) in [6.07, 6.45) is 3.14. The third-order valence-electron chi connectivity index (χ3n) is 5.23. The molecule has 0 aromatic heterocycles. The van der Waals surface area contributed by atoms with Crippen LogP contribution in [0, 0.1) is 21.3 Å². The Morgan fingerprint density at radius 2 is 1.75 bits per heavy atom. The second-order valence-electron chi connectivity index (χ2n) is 8.29. The predicted octanol–water partition coefficient (Wildman–Crippen LogP) is 5.63. The van der Waals surface area contributed by atoms with Crippen LogP contribution in [0.15, 0.2) is 66.2 Å². The van der Waals surface area contributed by atoms with Crippen LogP contribution in [0.4, 0.5) is 4.39 Å². The van der Waals surface area contributed by atoms with E-state index in [0.29, 0.717) is 30.4 Å². The topological polar surface area (TPSA) is 60.2 Å². The maximum Gasteiger partial charge on any atom is 0.245 e. The highest BCUT2D eigenvalue weighted by molar-refractivity contribution is 5.91. The number of rotatable bonds is 6. The normalized spacial score (nSPS) is 18.2. The van der Waals surface area contributed by atoms with Gasteiger partial charge in [0.15, 0.2) is 5.78 Å². The summed E-state index contributed by atoms with van der Waals surface area (Å²) < 4.78 is 13.9. The Kier molecular flexibility index (Phi) is 5.73. The molecule has 0 aliphatic heterocycles. The molecule has 0 spiro atoms. The van der Waals surface area contributed by atoms with E-state index in [-0.39, 0.29) is 16.1 Å². The molecule has 0 fully saturated rings. The van der Waals surface area contributed by atoms with Gasteiger partial charge in [0.2, 0.25) is 6.04 Å². The molecule has 0 saturated heterocycles. The number of hydrogen-bond acceptors (Lipinski definition) is 3. The van der Waals surface area contributed by atoms with E-state index in [1.54, 1.807) is 42.5 Å². The predicted molar refractivity (Wildman–Crippen MR) is 106 cm³/mol. The summed E-state index contributed by atoms with van der Waals surface area (Å²) in [7, 11) is 0. The molecule has 0 N–H and O–H groups in total. The number of benzene rings is 2. The molecule has 0 heterocycles. The average molecular weight is 381 g/mol. The van der Waals surface area contributed by atoms with Crippen molar-refractivity contribution in [2.24, 2.45) is 5.41 Å². The Balaban J connectivity index is 2.05. The van der Waals surface area contributed by atoms with Crippen molar-refractivity contribution < 1.29 is 14.1 Å². The summed E-state index contributed by atoms with van der Waals surface area (Å²) in [6.45, 7) is 4.05. The minimum absolute atomic E-state index is 0.0432. The van der Waals surface area contributed by atoms with Crippen molar-refractivity contribution in [3.05, 3.63) is 93.3 Å². The van der Waals surface area contributed by atoms with Gasteiger partial charge in [-0.25, -0.2) is 4.39 Å². The molecule has 0 unspecified atom stereocenters. The van der Waals surface area contributed by atoms with Crippen LogP contribution in [0.5, 0.6) is 0 Å². The quantitative estimate of drug-likeness (QED) is 0.481. The van der Waals surface area contributed by atoms with Gasteiger partial charge in [0, 0.05) is 16.9 Å². The molecular formula is C23H24FNO3. The average Bonchev–Trinajstić information content (AvgIpc) is 2.60. The third kappa shape index (κ3) is 4.71. The molecule has 146 valence electrons. The monoisotopic (exact) mass is 381 g/mol. The van der Waals surface area contributed by atoms with Gasteiger partial charge in [0.1, 0.15) is 5.82 Å². The van der Waals surface area contributed by atoms with E-state index in [1.165, 1.54) is 12.1 Å². The molecule has 3 rings (SSSR count). The minimum atomic E-state index is -1.02. The Hall–Kier alpha value is -2.82. The number of ketones is 1. The highest BCUT2D eigenvalue weighted by Gasteiger charge is 2.37. The van der Waals surface area contributed by atoms with Gasteiger partial charge in [0.25, 0.3) is 0 Å². The second kappa shape index (κ2) is 8.05. The number of allylic oxidation sites excluding steroid dienone is 2. The number of nitrogens with zero attached hydrogens (tertiary/aromatic N) is 1. The Morgan fingerprint density at radius 3 is 2.36 bits per heavy atom. The van der Waals surface area contributed by atoms with Gasteiger partial charge < -0.3 is 0 Å². The van der Waals surface area contributed by atoms with Crippen molar-refractivity contribution in [3.8, 4) is 0 Å². The number of hydrogen-bond donors (Lipinski definition) is 0. The lowest BCUT2D eigenvalue weighted by Gasteiger charge is -2.31. The van der Waals surface area contributed by atoms with Crippen molar-refractivity contribution in [2.75, 3.05) is 0 Å². The molecule has 28 heavy (non-hydrogen) atoms. The van der Waals surface area contributed by atoms with Crippen molar-refractivity contribution in [1.29, 1.82) is 0 Å². The highest BCUT2D eigenvalue weighted by Crippen LogP contribution is 2.43. The molecule has 0 saturated carbocycles. The van der Waals surface area contributed by atoms with Crippen molar-refractivity contribution in [1.82, 2.24) is 0 Å². The number of halogens is 1. The first-order valence-corrected chi connectivity index (χ1v) is 9.41. The van der Waals surface area contributed by atoms with Crippen LogP contribution in [-0.2, 0) is 4.79 Å². The first-order chi connectivity index (χ1) is 13.2. The van der Waals surface area contributed by atoms with Crippen molar-refractivity contribution in [2.45, 2.75) is 45.1 Å². The van der Waals surface area contributed by atoms with Gasteiger partial charge >= 0.3 is 0 Å². The van der Waals surface area contributed by atoms with E-state index in [1.807, 2.05) is 19.9 Å². The van der Waals surface area contributed by atoms with Gasteiger partial charge in [-0.15, -0.1) is 0 Å². The molecule has 2 atom stereocenters. The molecule has 0 bridgehead atoms. The van der Waals surface area contributed by atoms with E-state index in [9.17, 15) is 19.3 Å². The lowest BCUT2D eigenvalue weighted by atomic mass is 9.73. The lowest BCUT2D eigenvalue weighted by Crippen LogP contribution is -2.25. The molecular weight excluding hydrogens is 357 g/mol. The van der Waals surface area contributed by atoms with Crippen LogP contribution < -0.4 is 0 Å². The lowest BCUT2D eigenvalue weighted by molar-refractivity contribution is -0.533. The molecule has 1 aliphatic carbocycles. The van der Waals surface area contributed by atoms with E-state index < -0.39 is 17.8 Å². The van der Waals surface area contributed by atoms with Gasteiger partial charge in [-0.3, -0.25) is 14.9 Å². The largest absolute Gasteiger partial charge is 0.295 e. The first kappa shape index (κ1) is 19.9. The first-order valence-electron chi connectivity index (χ1n) is 9.41. The Labute approximate surface area is 164 Å². The fraction of sp³-hybridized carbons (Fsp3) is 0.348. The SMILES string of the molecule is CC1(C)CC(=O)C=C(C[C@H](c2cccc(F)c2)[C@H](c2ccccc2)[N+](=O)[O-])C1. The number of carbonyl (C=O) groups excluding carboxylic acids is 1. The zero-order chi connectivity index (χ0) is 20.3. The van der Waals surface area contributed by atoms with E-state index in [0.717, 1.165) is 5.57 Å². The zero-order valence-corrected chi connectivity index (χ0v) is 16.1. The number of carbonyl (C=O) groups is 1. The summed E-state index contributed by atoms with van der Waals surface area (Å²) in [5, 5.41) is 12.1. The van der Waals surface area contributed by atoms with Crippen molar-refractivity contribution in [3.63, 3.8) is 0 Å². The summed E-state index contributed by atoms with van der Waals surface area (Å²) in [4.78, 5) is 23.9. The van der Waals surface area contributed by atoms with Gasteiger partial charge in [-0.1, -0.05) is 61.9 Å². The molecule has 1 aliphatic rings. The maximum atomic E-state index is 13.9. The van der Waals surface area contributed by atoms with Crippen LogP contribution in [0.3, 0.4) is 0 Å². The van der Waals surface area contributed by atoms with Crippen LogP contribution >= 0.6 is 0 Å². The molecule has 2 aromatic rings. The van der Waals surface area contributed by atoms with E-state index in [2.05, 4.69) is 0 Å². The summed E-state index contributed by atoms with van der Waals surface area (Å²) >= 11 is 0. The molecule has 2 aromatic carbocycles. The third-order valence-corrected chi connectivity index (χ3v) is 5.23. The van der Waals surface area contributed by atoms with E-state index >= 15 is 0 Å². The smallest absolute Gasteiger partial charge is 0.245 e. The zero-order valence-electron chi connectivity index (χ0n) is 16.1. The molecule has 0 radical (unpaired) electrons. The van der Waals surface area contributed by atoms with Gasteiger partial charge in [0.05, 0.1) is 5.92 Å². The van der Waals surface area contributed by atoms with Gasteiger partial charge in [-0.2, -0.15) is 0 Å².